The normalized spacial score (nSPS) is 25.4. The molecule has 1 saturated carbocycles. The van der Waals surface area contributed by atoms with Crippen molar-refractivity contribution in [3.05, 3.63) is 0 Å². The van der Waals surface area contributed by atoms with E-state index in [0.29, 0.717) is 12.5 Å². The van der Waals surface area contributed by atoms with Gasteiger partial charge in [-0.05, 0) is 12.8 Å². The van der Waals surface area contributed by atoms with Gasteiger partial charge < -0.3 is 10.6 Å². The molecule has 4 heteroatoms. The van der Waals surface area contributed by atoms with E-state index in [2.05, 4.69) is 4.90 Å². The Hall–Kier alpha value is -0.220. The fourth-order valence-corrected chi connectivity index (χ4v) is 3.74. The van der Waals surface area contributed by atoms with E-state index in [4.69, 9.17) is 5.73 Å². The van der Waals surface area contributed by atoms with Crippen LogP contribution in [0.1, 0.15) is 32.1 Å². The molecule has 2 aliphatic rings. The molecule has 16 heavy (non-hydrogen) atoms. The van der Waals surface area contributed by atoms with Gasteiger partial charge in [0.2, 0.25) is 5.91 Å². The van der Waals surface area contributed by atoms with Crippen LogP contribution < -0.4 is 5.73 Å². The maximum absolute atomic E-state index is 12.5. The van der Waals surface area contributed by atoms with Crippen molar-refractivity contribution >= 4 is 17.7 Å². The van der Waals surface area contributed by atoms with Crippen molar-refractivity contribution in [2.75, 3.05) is 31.1 Å². The summed E-state index contributed by atoms with van der Waals surface area (Å²) in [5.41, 5.74) is 5.69. The number of nitrogens with two attached hydrogens (primary N) is 1. The molecular formula is C12H22N2OS. The van der Waals surface area contributed by atoms with Crippen molar-refractivity contribution in [2.45, 2.75) is 32.1 Å². The average Bonchev–Trinajstić information content (AvgIpc) is 2.39. The lowest BCUT2D eigenvalue weighted by molar-refractivity contribution is -0.143. The summed E-state index contributed by atoms with van der Waals surface area (Å²) in [4.78, 5) is 14.6. The molecule has 0 spiro atoms. The zero-order chi connectivity index (χ0) is 11.4. The van der Waals surface area contributed by atoms with E-state index in [9.17, 15) is 4.79 Å². The fourth-order valence-electron chi connectivity index (χ4n) is 2.84. The molecule has 1 saturated heterocycles. The molecule has 1 aliphatic carbocycles. The molecule has 1 heterocycles. The second-order valence-corrected chi connectivity index (χ2v) is 6.17. The monoisotopic (exact) mass is 242 g/mol. The van der Waals surface area contributed by atoms with Crippen LogP contribution in [0.5, 0.6) is 0 Å². The summed E-state index contributed by atoms with van der Waals surface area (Å²) in [5, 5.41) is 0. The second kappa shape index (κ2) is 5.41. The van der Waals surface area contributed by atoms with Crippen LogP contribution in [0.2, 0.25) is 0 Å². The summed E-state index contributed by atoms with van der Waals surface area (Å²) in [6.45, 7) is 2.38. The van der Waals surface area contributed by atoms with Gasteiger partial charge >= 0.3 is 0 Å². The third-order valence-corrected chi connectivity index (χ3v) is 4.90. The van der Waals surface area contributed by atoms with Crippen molar-refractivity contribution < 1.29 is 4.79 Å². The Labute approximate surface area is 102 Å². The van der Waals surface area contributed by atoms with Crippen LogP contribution in [0.4, 0.5) is 0 Å². The first-order chi connectivity index (χ1) is 7.78. The molecule has 92 valence electrons. The largest absolute Gasteiger partial charge is 0.341 e. The van der Waals surface area contributed by atoms with Crippen LogP contribution >= 0.6 is 11.8 Å². The number of rotatable bonds is 2. The van der Waals surface area contributed by atoms with E-state index in [1.54, 1.807) is 0 Å². The Kier molecular flexibility index (Phi) is 4.14. The lowest BCUT2D eigenvalue weighted by Gasteiger charge is -2.40. The van der Waals surface area contributed by atoms with Crippen LogP contribution in [0.3, 0.4) is 0 Å². The predicted molar refractivity (Wildman–Crippen MR) is 68.5 cm³/mol. The molecule has 0 bridgehead atoms. The molecule has 0 aromatic heterocycles. The molecule has 0 unspecified atom stereocenters. The van der Waals surface area contributed by atoms with Crippen molar-refractivity contribution in [3.63, 3.8) is 0 Å². The predicted octanol–water partition coefficient (Wildman–Crippen LogP) is 1.47. The SMILES string of the molecule is NCC1(C(=O)N2CCSCC2)CCCCC1. The minimum absolute atomic E-state index is 0.208. The maximum atomic E-state index is 12.5. The van der Waals surface area contributed by atoms with Gasteiger partial charge in [-0.3, -0.25) is 4.79 Å². The molecule has 3 nitrogen and oxygen atoms in total. The Morgan fingerprint density at radius 3 is 2.38 bits per heavy atom. The van der Waals surface area contributed by atoms with Gasteiger partial charge in [-0.25, -0.2) is 0 Å². The van der Waals surface area contributed by atoms with Crippen molar-refractivity contribution in [2.24, 2.45) is 11.1 Å². The molecule has 2 fully saturated rings. The molecule has 0 atom stereocenters. The number of thioether (sulfide) groups is 1. The van der Waals surface area contributed by atoms with Gasteiger partial charge in [-0.2, -0.15) is 11.8 Å². The second-order valence-electron chi connectivity index (χ2n) is 4.95. The highest BCUT2D eigenvalue weighted by molar-refractivity contribution is 7.99. The summed E-state index contributed by atoms with van der Waals surface area (Å²) >= 11 is 1.94. The number of carbonyl (C=O) groups is 1. The Bertz CT molecular complexity index is 245. The van der Waals surface area contributed by atoms with E-state index >= 15 is 0 Å². The first-order valence-electron chi connectivity index (χ1n) is 6.36. The number of nitrogens with zero attached hydrogens (tertiary/aromatic N) is 1. The first kappa shape index (κ1) is 12.2. The van der Waals surface area contributed by atoms with E-state index in [1.807, 2.05) is 11.8 Å². The van der Waals surface area contributed by atoms with Crippen LogP contribution in [0.15, 0.2) is 0 Å². The molecule has 0 aromatic rings. The highest BCUT2D eigenvalue weighted by Gasteiger charge is 2.40. The third-order valence-electron chi connectivity index (χ3n) is 3.95. The maximum Gasteiger partial charge on any atom is 0.230 e. The zero-order valence-corrected chi connectivity index (χ0v) is 10.7. The lowest BCUT2D eigenvalue weighted by Crippen LogP contribution is -2.51. The molecule has 2 N–H and O–H groups in total. The first-order valence-corrected chi connectivity index (χ1v) is 7.51. The highest BCUT2D eigenvalue weighted by Crippen LogP contribution is 2.37. The standard InChI is InChI=1S/C12H22N2OS/c13-10-12(4-2-1-3-5-12)11(15)14-6-8-16-9-7-14/h1-10,13H2. The van der Waals surface area contributed by atoms with Gasteiger partial charge in [-0.1, -0.05) is 19.3 Å². The van der Waals surface area contributed by atoms with Gasteiger partial charge in [0.25, 0.3) is 0 Å². The van der Waals surface area contributed by atoms with E-state index in [-0.39, 0.29) is 5.41 Å². The molecule has 0 radical (unpaired) electrons. The van der Waals surface area contributed by atoms with Gasteiger partial charge in [0, 0.05) is 31.1 Å². The van der Waals surface area contributed by atoms with E-state index < -0.39 is 0 Å². The van der Waals surface area contributed by atoms with Crippen molar-refractivity contribution in [1.29, 1.82) is 0 Å². The van der Waals surface area contributed by atoms with Crippen molar-refractivity contribution in [1.82, 2.24) is 4.90 Å². The van der Waals surface area contributed by atoms with E-state index in [0.717, 1.165) is 37.4 Å². The van der Waals surface area contributed by atoms with Gasteiger partial charge in [0.05, 0.1) is 5.41 Å². The van der Waals surface area contributed by atoms with Gasteiger partial charge in [0.15, 0.2) is 0 Å². The molecule has 1 amide bonds. The summed E-state index contributed by atoms with van der Waals surface area (Å²) < 4.78 is 0. The topological polar surface area (TPSA) is 46.3 Å². The van der Waals surface area contributed by atoms with Crippen LogP contribution in [0, 0.1) is 5.41 Å². The zero-order valence-electron chi connectivity index (χ0n) is 9.91. The average molecular weight is 242 g/mol. The lowest BCUT2D eigenvalue weighted by atomic mass is 9.73. The minimum atomic E-state index is -0.208. The number of hydrogen-bond donors (Lipinski definition) is 1. The quantitative estimate of drug-likeness (QED) is 0.797. The Morgan fingerprint density at radius 1 is 1.19 bits per heavy atom. The highest BCUT2D eigenvalue weighted by atomic mass is 32.2. The molecule has 0 aromatic carbocycles. The molecular weight excluding hydrogens is 220 g/mol. The summed E-state index contributed by atoms with van der Waals surface area (Å²) in [5.74, 6) is 2.52. The van der Waals surface area contributed by atoms with Gasteiger partial charge in [0.1, 0.15) is 0 Å². The Balaban J connectivity index is 2.04. The van der Waals surface area contributed by atoms with Crippen LogP contribution in [-0.4, -0.2) is 41.9 Å². The summed E-state index contributed by atoms with van der Waals surface area (Å²) in [7, 11) is 0. The van der Waals surface area contributed by atoms with Gasteiger partial charge in [-0.15, -0.1) is 0 Å². The smallest absolute Gasteiger partial charge is 0.230 e. The third kappa shape index (κ3) is 2.38. The van der Waals surface area contributed by atoms with Crippen LogP contribution in [0.25, 0.3) is 0 Å². The van der Waals surface area contributed by atoms with E-state index in [1.165, 1.54) is 19.3 Å². The number of amides is 1. The Morgan fingerprint density at radius 2 is 1.81 bits per heavy atom. The van der Waals surface area contributed by atoms with Crippen molar-refractivity contribution in [3.8, 4) is 0 Å². The number of carbonyl (C=O) groups excluding carboxylic acids is 1. The number of hydrogen-bond acceptors (Lipinski definition) is 3. The van der Waals surface area contributed by atoms with Crippen LogP contribution in [-0.2, 0) is 4.79 Å². The summed E-state index contributed by atoms with van der Waals surface area (Å²) in [6, 6.07) is 0. The minimum Gasteiger partial charge on any atom is -0.341 e. The summed E-state index contributed by atoms with van der Waals surface area (Å²) in [6.07, 6.45) is 5.62. The molecule has 2 rings (SSSR count). The fraction of sp³-hybridized carbons (Fsp3) is 0.917. The molecule has 1 aliphatic heterocycles.